The number of ketones is 1. The van der Waals surface area contributed by atoms with Gasteiger partial charge >= 0.3 is 6.18 Å². The zero-order valence-corrected chi connectivity index (χ0v) is 12.1. The lowest BCUT2D eigenvalue weighted by Gasteiger charge is -2.25. The van der Waals surface area contributed by atoms with Gasteiger partial charge in [0.25, 0.3) is 0 Å². The first kappa shape index (κ1) is 15.4. The molecule has 0 aromatic carbocycles. The van der Waals surface area contributed by atoms with Gasteiger partial charge in [-0.05, 0) is 33.6 Å². The minimum atomic E-state index is -4.49. The van der Waals surface area contributed by atoms with E-state index in [0.717, 1.165) is 25.7 Å². The second-order valence-corrected chi connectivity index (χ2v) is 6.03. The van der Waals surface area contributed by atoms with Gasteiger partial charge in [-0.25, -0.2) is 4.98 Å². The van der Waals surface area contributed by atoms with Gasteiger partial charge in [0.15, 0.2) is 10.8 Å². The number of carbonyl (C=O) groups is 1. The highest BCUT2D eigenvalue weighted by molar-refractivity contribution is 7.13. The molecule has 0 saturated carbocycles. The molecule has 0 bridgehead atoms. The highest BCUT2D eigenvalue weighted by Crippen LogP contribution is 2.33. The molecule has 0 N–H and O–H groups in total. The molecule has 1 atom stereocenters. The Hall–Kier alpha value is -0.990. The molecule has 0 radical (unpaired) electrons. The van der Waals surface area contributed by atoms with Gasteiger partial charge in [-0.1, -0.05) is 0 Å². The zero-order chi connectivity index (χ0) is 14.9. The largest absolute Gasteiger partial charge is 0.443 e. The minimum absolute atomic E-state index is 0.0736. The Morgan fingerprint density at radius 1 is 1.40 bits per heavy atom. The number of carbonyl (C=O) groups excluding carboxylic acids is 1. The number of halogens is 3. The molecule has 0 amide bonds. The maximum Gasteiger partial charge on any atom is 0.443 e. The fourth-order valence-corrected chi connectivity index (χ4v) is 3.01. The number of hydrogen-bond acceptors (Lipinski definition) is 5. The van der Waals surface area contributed by atoms with Gasteiger partial charge < -0.3 is 4.90 Å². The van der Waals surface area contributed by atoms with Gasteiger partial charge in [-0.2, -0.15) is 13.2 Å². The Labute approximate surface area is 119 Å². The van der Waals surface area contributed by atoms with Crippen LogP contribution in [-0.2, 0) is 6.18 Å². The number of Topliss-reactive ketones (excluding diaryl/α,β-unsaturated/α-hetero) is 1. The van der Waals surface area contributed by atoms with E-state index < -0.39 is 17.2 Å². The first-order valence-electron chi connectivity index (χ1n) is 6.25. The number of aromatic nitrogens is 1. The van der Waals surface area contributed by atoms with Crippen molar-refractivity contribution in [1.82, 2.24) is 14.8 Å². The monoisotopic (exact) mass is 307 g/mol. The number of hydrogen-bond donors (Lipinski definition) is 0. The molecule has 1 fully saturated rings. The molecule has 112 valence electrons. The Morgan fingerprint density at radius 2 is 2.10 bits per heavy atom. The topological polar surface area (TPSA) is 36.4 Å². The lowest BCUT2D eigenvalue weighted by Crippen LogP contribution is -2.43. The van der Waals surface area contributed by atoms with Crippen molar-refractivity contribution in [3.63, 3.8) is 0 Å². The van der Waals surface area contributed by atoms with Gasteiger partial charge in [0.2, 0.25) is 0 Å². The number of thiazole rings is 1. The van der Waals surface area contributed by atoms with Crippen LogP contribution in [0.5, 0.6) is 0 Å². The SMILES string of the molecule is CN1CCCN(C)C(C(=O)c2cnc(C(F)(F)F)s2)C1. The standard InChI is InChI=1S/C12H16F3N3OS/c1-17-4-3-5-18(2)8(7-17)10(19)9-6-16-11(20-9)12(13,14)15/h6,8H,3-5,7H2,1-2H3. The molecule has 20 heavy (non-hydrogen) atoms. The third kappa shape index (κ3) is 3.36. The summed E-state index contributed by atoms with van der Waals surface area (Å²) < 4.78 is 37.6. The molecule has 1 saturated heterocycles. The van der Waals surface area contributed by atoms with E-state index in [2.05, 4.69) is 4.98 Å². The van der Waals surface area contributed by atoms with Crippen LogP contribution in [0.1, 0.15) is 21.1 Å². The molecular formula is C12H16F3N3OS. The normalized spacial score (nSPS) is 22.8. The summed E-state index contributed by atoms with van der Waals surface area (Å²) in [4.78, 5) is 19.7. The van der Waals surface area contributed by atoms with Gasteiger partial charge in [0.05, 0.1) is 10.9 Å². The lowest BCUT2D eigenvalue weighted by molar-refractivity contribution is -0.137. The van der Waals surface area contributed by atoms with E-state index in [1.54, 1.807) is 0 Å². The quantitative estimate of drug-likeness (QED) is 0.783. The van der Waals surface area contributed by atoms with E-state index in [1.807, 2.05) is 23.9 Å². The molecule has 1 aliphatic heterocycles. The summed E-state index contributed by atoms with van der Waals surface area (Å²) in [6.45, 7) is 2.16. The second-order valence-electron chi connectivity index (χ2n) is 5.00. The van der Waals surface area contributed by atoms with Crippen molar-refractivity contribution in [2.24, 2.45) is 0 Å². The van der Waals surface area contributed by atoms with Gasteiger partial charge in [-0.3, -0.25) is 9.69 Å². The van der Waals surface area contributed by atoms with Crippen LogP contribution in [0.4, 0.5) is 13.2 Å². The van der Waals surface area contributed by atoms with Gasteiger partial charge in [0, 0.05) is 12.7 Å². The molecule has 1 aliphatic rings. The van der Waals surface area contributed by atoms with E-state index >= 15 is 0 Å². The van der Waals surface area contributed by atoms with Crippen LogP contribution in [-0.4, -0.2) is 60.3 Å². The summed E-state index contributed by atoms with van der Waals surface area (Å²) in [6, 6.07) is -0.413. The lowest BCUT2D eigenvalue weighted by atomic mass is 10.1. The molecule has 0 aliphatic carbocycles. The number of rotatable bonds is 2. The zero-order valence-electron chi connectivity index (χ0n) is 11.3. The predicted octanol–water partition coefficient (Wildman–Crippen LogP) is 1.98. The average molecular weight is 307 g/mol. The summed E-state index contributed by atoms with van der Waals surface area (Å²) in [5.74, 6) is -0.283. The molecule has 8 heteroatoms. The van der Waals surface area contributed by atoms with Crippen LogP contribution in [0.25, 0.3) is 0 Å². The molecule has 0 spiro atoms. The summed E-state index contributed by atoms with van der Waals surface area (Å²) in [5.41, 5.74) is 0. The van der Waals surface area contributed by atoms with Crippen LogP contribution in [0.2, 0.25) is 0 Å². The smallest absolute Gasteiger partial charge is 0.304 e. The van der Waals surface area contributed by atoms with Crippen molar-refractivity contribution in [1.29, 1.82) is 0 Å². The number of likely N-dealkylation sites (N-methyl/N-ethyl adjacent to an activating group) is 2. The Balaban J connectivity index is 2.19. The summed E-state index contributed by atoms with van der Waals surface area (Å²) in [5, 5.41) is -0.967. The first-order valence-corrected chi connectivity index (χ1v) is 7.06. The maximum atomic E-state index is 12.5. The van der Waals surface area contributed by atoms with Crippen molar-refractivity contribution in [3.8, 4) is 0 Å². The van der Waals surface area contributed by atoms with Crippen molar-refractivity contribution < 1.29 is 18.0 Å². The van der Waals surface area contributed by atoms with E-state index in [-0.39, 0.29) is 10.7 Å². The summed E-state index contributed by atoms with van der Waals surface area (Å²) in [7, 11) is 3.74. The minimum Gasteiger partial charge on any atom is -0.304 e. The molecule has 1 aromatic rings. The van der Waals surface area contributed by atoms with Crippen LogP contribution in [0, 0.1) is 0 Å². The summed E-state index contributed by atoms with van der Waals surface area (Å²) in [6.07, 6.45) is -2.52. The highest BCUT2D eigenvalue weighted by Gasteiger charge is 2.36. The van der Waals surface area contributed by atoms with Crippen LogP contribution >= 0.6 is 11.3 Å². The molecular weight excluding hydrogens is 291 g/mol. The fourth-order valence-electron chi connectivity index (χ4n) is 2.24. The van der Waals surface area contributed by atoms with E-state index in [0.29, 0.717) is 17.9 Å². The summed E-state index contributed by atoms with van der Waals surface area (Å²) >= 11 is 0.421. The van der Waals surface area contributed by atoms with Crippen molar-refractivity contribution in [3.05, 3.63) is 16.1 Å². The Bertz CT molecular complexity index is 489. The van der Waals surface area contributed by atoms with Crippen LogP contribution in [0.3, 0.4) is 0 Å². The molecule has 1 aromatic heterocycles. The fraction of sp³-hybridized carbons (Fsp3) is 0.667. The average Bonchev–Trinajstić information content (AvgIpc) is 2.78. The Kier molecular flexibility index (Phi) is 4.46. The third-order valence-electron chi connectivity index (χ3n) is 3.36. The molecule has 4 nitrogen and oxygen atoms in total. The van der Waals surface area contributed by atoms with Crippen molar-refractivity contribution in [2.45, 2.75) is 18.6 Å². The highest BCUT2D eigenvalue weighted by atomic mass is 32.1. The predicted molar refractivity (Wildman–Crippen MR) is 70.0 cm³/mol. The van der Waals surface area contributed by atoms with E-state index in [1.165, 1.54) is 0 Å². The van der Waals surface area contributed by atoms with E-state index in [9.17, 15) is 18.0 Å². The molecule has 2 rings (SSSR count). The van der Waals surface area contributed by atoms with Crippen LogP contribution < -0.4 is 0 Å². The van der Waals surface area contributed by atoms with E-state index in [4.69, 9.17) is 0 Å². The third-order valence-corrected chi connectivity index (χ3v) is 4.42. The maximum absolute atomic E-state index is 12.5. The van der Waals surface area contributed by atoms with Crippen LogP contribution in [0.15, 0.2) is 6.20 Å². The van der Waals surface area contributed by atoms with Crippen molar-refractivity contribution in [2.75, 3.05) is 33.7 Å². The first-order chi connectivity index (χ1) is 9.29. The second kappa shape index (κ2) is 5.79. The number of alkyl halides is 3. The molecule has 1 unspecified atom stereocenters. The molecule has 2 heterocycles. The van der Waals surface area contributed by atoms with Crippen molar-refractivity contribution >= 4 is 17.1 Å². The van der Waals surface area contributed by atoms with Gasteiger partial charge in [0.1, 0.15) is 0 Å². The number of nitrogens with zero attached hydrogens (tertiary/aromatic N) is 3. The Morgan fingerprint density at radius 3 is 2.70 bits per heavy atom. The van der Waals surface area contributed by atoms with Gasteiger partial charge in [-0.15, -0.1) is 11.3 Å².